The van der Waals surface area contributed by atoms with Crippen LogP contribution >= 0.6 is 0 Å². The van der Waals surface area contributed by atoms with Crippen LogP contribution in [0.2, 0.25) is 0 Å². The van der Waals surface area contributed by atoms with Crippen molar-refractivity contribution in [3.63, 3.8) is 0 Å². The van der Waals surface area contributed by atoms with Gasteiger partial charge in [0.05, 0.1) is 17.0 Å². The summed E-state index contributed by atoms with van der Waals surface area (Å²) in [4.78, 5) is 34.6. The minimum absolute atomic E-state index is 0.0510. The van der Waals surface area contributed by atoms with Gasteiger partial charge in [-0.05, 0) is 24.3 Å². The summed E-state index contributed by atoms with van der Waals surface area (Å²) in [7, 11) is -4.76. The van der Waals surface area contributed by atoms with Gasteiger partial charge in [0.1, 0.15) is 6.61 Å². The second kappa shape index (κ2) is 6.91. The van der Waals surface area contributed by atoms with Gasteiger partial charge in [-0.1, -0.05) is 0 Å². The van der Waals surface area contributed by atoms with Crippen molar-refractivity contribution in [1.82, 2.24) is 4.90 Å². The molecule has 0 radical (unpaired) electrons. The van der Waals surface area contributed by atoms with Gasteiger partial charge in [0, 0.05) is 0 Å². The number of carbonyl (C=O) groups is 3. The summed E-state index contributed by atoms with van der Waals surface area (Å²) in [5.41, 5.74) is -0.139. The van der Waals surface area contributed by atoms with E-state index in [-0.39, 0.29) is 18.7 Å². The molecule has 0 aliphatic carbocycles. The fourth-order valence-electron chi connectivity index (χ4n) is 1.79. The summed E-state index contributed by atoms with van der Waals surface area (Å²) >= 11 is 0. The minimum Gasteiger partial charge on any atom is -0.452 e. The average molecular weight is 363 g/mol. The first-order chi connectivity index (χ1) is 11.2. The van der Waals surface area contributed by atoms with E-state index in [0.29, 0.717) is 0 Å². The summed E-state index contributed by atoms with van der Waals surface area (Å²) in [6.45, 7) is -0.612. The summed E-state index contributed by atoms with van der Waals surface area (Å²) in [5, 5.41) is 0. The molecule has 1 fully saturated rings. The molecule has 0 unspecified atom stereocenters. The van der Waals surface area contributed by atoms with Gasteiger partial charge in [0.15, 0.2) is 6.61 Å². The molecule has 1 aliphatic rings. The van der Waals surface area contributed by atoms with Crippen LogP contribution < -0.4 is 0 Å². The first-order valence-corrected chi connectivity index (χ1v) is 8.04. The van der Waals surface area contributed by atoms with Crippen molar-refractivity contribution in [2.75, 3.05) is 19.8 Å². The maximum Gasteiger partial charge on any atom is 0.416 e. The number of esters is 1. The number of halogens is 2. The standard InChI is InChI=1S/C13H11F2NO7S/c14-12(15)24(20,21)9-3-1-8(2-4-9)11(18)23-7-10(17)16-5-6-22-13(16)19/h1-4,12H,5-7H2. The van der Waals surface area contributed by atoms with Crippen LogP contribution in [0.5, 0.6) is 0 Å². The third-order valence-electron chi connectivity index (χ3n) is 3.04. The highest BCUT2D eigenvalue weighted by Gasteiger charge is 2.29. The fraction of sp³-hybridized carbons (Fsp3) is 0.308. The number of alkyl halides is 2. The topological polar surface area (TPSA) is 107 Å². The van der Waals surface area contributed by atoms with E-state index in [1.165, 1.54) is 0 Å². The van der Waals surface area contributed by atoms with Crippen molar-refractivity contribution in [2.24, 2.45) is 0 Å². The number of sulfone groups is 1. The lowest BCUT2D eigenvalue weighted by molar-refractivity contribution is -0.131. The van der Waals surface area contributed by atoms with Crippen molar-refractivity contribution < 1.29 is 41.1 Å². The molecule has 1 aromatic rings. The van der Waals surface area contributed by atoms with E-state index in [4.69, 9.17) is 0 Å². The first kappa shape index (κ1) is 17.8. The van der Waals surface area contributed by atoms with E-state index in [9.17, 15) is 31.6 Å². The Bertz CT molecular complexity index is 761. The number of ether oxygens (including phenoxy) is 2. The van der Waals surface area contributed by atoms with Crippen LogP contribution in [0.15, 0.2) is 29.2 Å². The minimum atomic E-state index is -4.76. The first-order valence-electron chi connectivity index (χ1n) is 6.50. The Morgan fingerprint density at radius 3 is 2.38 bits per heavy atom. The lowest BCUT2D eigenvalue weighted by atomic mass is 10.2. The Kier molecular flexibility index (Phi) is 5.12. The zero-order valence-electron chi connectivity index (χ0n) is 12.0. The Hall–Kier alpha value is -2.56. The van der Waals surface area contributed by atoms with Gasteiger partial charge < -0.3 is 9.47 Å². The number of rotatable bonds is 5. The van der Waals surface area contributed by atoms with Crippen molar-refractivity contribution >= 4 is 27.8 Å². The van der Waals surface area contributed by atoms with E-state index in [0.717, 1.165) is 29.2 Å². The monoisotopic (exact) mass is 363 g/mol. The highest BCUT2D eigenvalue weighted by molar-refractivity contribution is 7.91. The number of carbonyl (C=O) groups excluding carboxylic acids is 3. The average Bonchev–Trinajstić information content (AvgIpc) is 2.98. The normalized spacial score (nSPS) is 14.6. The van der Waals surface area contributed by atoms with Gasteiger partial charge in [0.2, 0.25) is 9.84 Å². The molecule has 0 atom stereocenters. The van der Waals surface area contributed by atoms with Gasteiger partial charge in [-0.25, -0.2) is 22.9 Å². The SMILES string of the molecule is O=C(OCC(=O)N1CCOC1=O)c1ccc(S(=O)(=O)C(F)F)cc1. The summed E-state index contributed by atoms with van der Waals surface area (Å²) < 4.78 is 56.5. The van der Waals surface area contributed by atoms with Crippen LogP contribution in [0.3, 0.4) is 0 Å². The maximum absolute atomic E-state index is 12.4. The van der Waals surface area contributed by atoms with Gasteiger partial charge >= 0.3 is 17.8 Å². The maximum atomic E-state index is 12.4. The van der Waals surface area contributed by atoms with Crippen molar-refractivity contribution in [2.45, 2.75) is 10.7 Å². The van der Waals surface area contributed by atoms with Crippen LogP contribution in [0.25, 0.3) is 0 Å². The Labute approximate surface area is 134 Å². The largest absolute Gasteiger partial charge is 0.452 e. The smallest absolute Gasteiger partial charge is 0.416 e. The molecule has 1 heterocycles. The molecule has 0 N–H and O–H groups in total. The molecule has 0 saturated carbocycles. The van der Waals surface area contributed by atoms with Gasteiger partial charge in [-0.15, -0.1) is 0 Å². The van der Waals surface area contributed by atoms with Crippen LogP contribution in [-0.2, 0) is 24.1 Å². The van der Waals surface area contributed by atoms with Crippen LogP contribution in [0, 0.1) is 0 Å². The molecule has 0 aromatic heterocycles. The van der Waals surface area contributed by atoms with Crippen LogP contribution in [-0.4, -0.2) is 56.8 Å². The van der Waals surface area contributed by atoms with Crippen molar-refractivity contribution in [3.8, 4) is 0 Å². The molecule has 1 aliphatic heterocycles. The highest BCUT2D eigenvalue weighted by atomic mass is 32.2. The molecule has 1 saturated heterocycles. The van der Waals surface area contributed by atoms with E-state index >= 15 is 0 Å². The number of amides is 2. The summed E-state index contributed by atoms with van der Waals surface area (Å²) in [6, 6.07) is 3.62. The number of cyclic esters (lactones) is 1. The Balaban J connectivity index is 1.98. The van der Waals surface area contributed by atoms with Crippen LogP contribution in [0.4, 0.5) is 13.6 Å². The molecule has 2 amide bonds. The summed E-state index contributed by atoms with van der Waals surface area (Å²) in [5.74, 6) is -5.33. The molecular formula is C13H11F2NO7S. The van der Waals surface area contributed by atoms with Gasteiger partial charge in [0.25, 0.3) is 5.91 Å². The molecule has 0 spiro atoms. The van der Waals surface area contributed by atoms with E-state index in [2.05, 4.69) is 9.47 Å². The number of imide groups is 1. The predicted molar refractivity (Wildman–Crippen MR) is 73.0 cm³/mol. The number of hydrogen-bond acceptors (Lipinski definition) is 7. The zero-order chi connectivity index (χ0) is 17.9. The third kappa shape index (κ3) is 3.67. The second-order valence-corrected chi connectivity index (χ2v) is 6.48. The van der Waals surface area contributed by atoms with Gasteiger partial charge in [-0.3, -0.25) is 4.79 Å². The number of benzene rings is 1. The molecule has 0 bridgehead atoms. The fourth-order valence-corrected chi connectivity index (χ4v) is 2.51. The third-order valence-corrected chi connectivity index (χ3v) is 4.44. The van der Waals surface area contributed by atoms with Gasteiger partial charge in [-0.2, -0.15) is 8.78 Å². The highest BCUT2D eigenvalue weighted by Crippen LogP contribution is 2.19. The molecule has 8 nitrogen and oxygen atoms in total. The lowest BCUT2D eigenvalue weighted by Gasteiger charge is -2.11. The quantitative estimate of drug-likeness (QED) is 0.713. The molecule has 24 heavy (non-hydrogen) atoms. The molecule has 1 aromatic carbocycles. The van der Waals surface area contributed by atoms with Crippen molar-refractivity contribution in [1.29, 1.82) is 0 Å². The Morgan fingerprint density at radius 2 is 1.88 bits per heavy atom. The molecular weight excluding hydrogens is 352 g/mol. The molecule has 2 rings (SSSR count). The number of hydrogen-bond donors (Lipinski definition) is 0. The van der Waals surface area contributed by atoms with Crippen molar-refractivity contribution in [3.05, 3.63) is 29.8 Å². The predicted octanol–water partition coefficient (Wildman–Crippen LogP) is 0.819. The zero-order valence-corrected chi connectivity index (χ0v) is 12.8. The van der Waals surface area contributed by atoms with E-state index in [1.807, 2.05) is 0 Å². The second-order valence-electron chi connectivity index (χ2n) is 4.57. The summed E-state index contributed by atoms with van der Waals surface area (Å²) in [6.07, 6.45) is -0.836. The molecule has 11 heteroatoms. The van der Waals surface area contributed by atoms with E-state index in [1.54, 1.807) is 0 Å². The lowest BCUT2D eigenvalue weighted by Crippen LogP contribution is -2.35. The molecule has 130 valence electrons. The van der Waals surface area contributed by atoms with Crippen LogP contribution in [0.1, 0.15) is 10.4 Å². The Morgan fingerprint density at radius 1 is 1.25 bits per heavy atom. The van der Waals surface area contributed by atoms with E-state index < -0.39 is 45.1 Å². The number of nitrogens with zero attached hydrogens (tertiary/aromatic N) is 1.